The predicted octanol–water partition coefficient (Wildman–Crippen LogP) is 4.27. The number of phenolic OH excluding ortho intramolecular Hbond substituents is 2. The summed E-state index contributed by atoms with van der Waals surface area (Å²) in [5, 5.41) is 18.6. The molecule has 2 nitrogen and oxygen atoms in total. The van der Waals surface area contributed by atoms with Gasteiger partial charge in [0.1, 0.15) is 11.5 Å². The number of rotatable bonds is 0. The number of phenols is 2. The molecule has 0 aliphatic carbocycles. The van der Waals surface area contributed by atoms with Crippen LogP contribution in [0.3, 0.4) is 0 Å². The van der Waals surface area contributed by atoms with E-state index < -0.39 is 0 Å². The summed E-state index contributed by atoms with van der Waals surface area (Å²) >= 11 is 1.56. The molecule has 2 aromatic carbocycles. The van der Waals surface area contributed by atoms with Gasteiger partial charge in [-0.3, -0.25) is 0 Å². The van der Waals surface area contributed by atoms with E-state index in [9.17, 15) is 10.2 Å². The van der Waals surface area contributed by atoms with Crippen molar-refractivity contribution in [2.75, 3.05) is 0 Å². The second kappa shape index (κ2) is 6.96. The molecule has 0 spiro atoms. The lowest BCUT2D eigenvalue weighted by molar-refractivity contribution is 0.474. The predicted molar refractivity (Wildman–Crippen MR) is 97.2 cm³/mol. The molecule has 0 aliphatic rings. The lowest BCUT2D eigenvalue weighted by Crippen LogP contribution is -1.74. The summed E-state index contributed by atoms with van der Waals surface area (Å²) < 4.78 is 0. The molecule has 0 saturated heterocycles. The van der Waals surface area contributed by atoms with E-state index in [-0.39, 0.29) is 11.5 Å². The second-order valence-electron chi connectivity index (χ2n) is 5.22. The molecule has 0 bridgehead atoms. The minimum atomic E-state index is 0.235. The van der Waals surface area contributed by atoms with Crippen LogP contribution >= 0.6 is 11.3 Å². The van der Waals surface area contributed by atoms with Crippen molar-refractivity contribution in [3.63, 3.8) is 0 Å². The van der Waals surface area contributed by atoms with Crippen LogP contribution < -0.4 is 0 Å². The average molecular weight is 330 g/mol. The Labute approximate surface area is 145 Å². The molecule has 24 heavy (non-hydrogen) atoms. The number of aromatic hydroxyl groups is 2. The highest BCUT2D eigenvalue weighted by atomic mass is 32.1. The number of benzene rings is 2. The molecule has 1 aromatic heterocycles. The normalized spacial score (nSPS) is 9.54. The second-order valence-corrected chi connectivity index (χ2v) is 6.27. The molecule has 0 atom stereocenters. The number of hydrogen-bond acceptors (Lipinski definition) is 3. The number of hydrogen-bond donors (Lipinski definition) is 2. The maximum atomic E-state index is 9.28. The van der Waals surface area contributed by atoms with E-state index in [1.807, 2.05) is 13.0 Å². The van der Waals surface area contributed by atoms with E-state index in [4.69, 9.17) is 0 Å². The summed E-state index contributed by atoms with van der Waals surface area (Å²) in [6.07, 6.45) is 0. The van der Waals surface area contributed by atoms with Crippen LogP contribution in [0.2, 0.25) is 0 Å². The van der Waals surface area contributed by atoms with Crippen molar-refractivity contribution in [1.82, 2.24) is 0 Å². The quantitative estimate of drug-likeness (QED) is 0.604. The highest BCUT2D eigenvalue weighted by molar-refractivity contribution is 7.13. The van der Waals surface area contributed by atoms with Gasteiger partial charge in [0, 0.05) is 11.1 Å². The van der Waals surface area contributed by atoms with E-state index in [0.717, 1.165) is 26.4 Å². The van der Waals surface area contributed by atoms with Gasteiger partial charge < -0.3 is 10.2 Å². The Morgan fingerprint density at radius 1 is 0.708 bits per heavy atom. The smallest absolute Gasteiger partial charge is 0.115 e. The largest absolute Gasteiger partial charge is 0.508 e. The fourth-order valence-electron chi connectivity index (χ4n) is 2.02. The minimum Gasteiger partial charge on any atom is -0.508 e. The molecule has 0 radical (unpaired) electrons. The molecule has 0 unspecified atom stereocenters. The zero-order valence-electron chi connectivity index (χ0n) is 13.0. The van der Waals surface area contributed by atoms with Gasteiger partial charge >= 0.3 is 0 Å². The number of thiophene rings is 1. The molecule has 0 aliphatic heterocycles. The highest BCUT2D eigenvalue weighted by Crippen LogP contribution is 2.20. The lowest BCUT2D eigenvalue weighted by Gasteiger charge is -1.90. The fourth-order valence-corrected chi connectivity index (χ4v) is 2.90. The van der Waals surface area contributed by atoms with Crippen molar-refractivity contribution in [1.29, 1.82) is 0 Å². The zero-order chi connectivity index (χ0) is 16.9. The minimum absolute atomic E-state index is 0.235. The van der Waals surface area contributed by atoms with Crippen LogP contribution in [0, 0.1) is 30.6 Å². The molecule has 3 aromatic rings. The SMILES string of the molecule is Cc1cc(C#Cc2ccc(O)cc2)sc1C#Cc1ccc(O)cc1. The van der Waals surface area contributed by atoms with Crippen LogP contribution in [0.15, 0.2) is 54.6 Å². The van der Waals surface area contributed by atoms with Gasteiger partial charge in [-0.2, -0.15) is 0 Å². The van der Waals surface area contributed by atoms with Crippen LogP contribution in [0.1, 0.15) is 26.4 Å². The van der Waals surface area contributed by atoms with Crippen LogP contribution in [0.4, 0.5) is 0 Å². The number of aryl methyl sites for hydroxylation is 1. The third kappa shape index (κ3) is 3.98. The third-order valence-electron chi connectivity index (χ3n) is 3.30. The first-order chi connectivity index (χ1) is 11.6. The molecule has 2 N–H and O–H groups in total. The van der Waals surface area contributed by atoms with Gasteiger partial charge in [-0.05, 0) is 67.1 Å². The molecule has 1 heterocycles. The molecule has 116 valence electrons. The lowest BCUT2D eigenvalue weighted by atomic mass is 10.2. The van der Waals surface area contributed by atoms with Crippen LogP contribution in [-0.2, 0) is 0 Å². The van der Waals surface area contributed by atoms with Gasteiger partial charge in [-0.15, -0.1) is 11.3 Å². The van der Waals surface area contributed by atoms with Gasteiger partial charge in [0.25, 0.3) is 0 Å². The van der Waals surface area contributed by atoms with Gasteiger partial charge in [-0.1, -0.05) is 23.7 Å². The van der Waals surface area contributed by atoms with Crippen molar-refractivity contribution >= 4 is 11.3 Å². The summed E-state index contributed by atoms with van der Waals surface area (Å²) in [5.74, 6) is 12.9. The Kier molecular flexibility index (Phi) is 4.57. The van der Waals surface area contributed by atoms with E-state index in [1.54, 1.807) is 59.9 Å². The summed E-state index contributed by atoms with van der Waals surface area (Å²) in [4.78, 5) is 1.94. The molecular weight excluding hydrogens is 316 g/mol. The van der Waals surface area contributed by atoms with Crippen molar-refractivity contribution < 1.29 is 10.2 Å². The summed E-state index contributed by atoms with van der Waals surface area (Å²) in [7, 11) is 0. The zero-order valence-corrected chi connectivity index (χ0v) is 13.8. The summed E-state index contributed by atoms with van der Waals surface area (Å²) in [6, 6.07) is 15.7. The van der Waals surface area contributed by atoms with Crippen LogP contribution in [-0.4, -0.2) is 10.2 Å². The first kappa shape index (κ1) is 15.7. The molecule has 0 fully saturated rings. The summed E-state index contributed by atoms with van der Waals surface area (Å²) in [6.45, 7) is 2.02. The Morgan fingerprint density at radius 2 is 1.21 bits per heavy atom. The third-order valence-corrected chi connectivity index (χ3v) is 4.37. The van der Waals surface area contributed by atoms with Gasteiger partial charge in [0.05, 0.1) is 9.75 Å². The van der Waals surface area contributed by atoms with E-state index in [1.165, 1.54) is 0 Å². The van der Waals surface area contributed by atoms with Crippen molar-refractivity contribution in [2.45, 2.75) is 6.92 Å². The van der Waals surface area contributed by atoms with Gasteiger partial charge in [0.2, 0.25) is 0 Å². The first-order valence-corrected chi connectivity index (χ1v) is 8.14. The van der Waals surface area contributed by atoms with Crippen molar-refractivity contribution in [2.24, 2.45) is 0 Å². The summed E-state index contributed by atoms with van der Waals surface area (Å²) in [5.41, 5.74) is 2.81. The van der Waals surface area contributed by atoms with E-state index in [2.05, 4.69) is 23.7 Å². The van der Waals surface area contributed by atoms with Crippen molar-refractivity contribution in [3.05, 3.63) is 81.0 Å². The highest BCUT2D eigenvalue weighted by Gasteiger charge is 2.01. The monoisotopic (exact) mass is 330 g/mol. The van der Waals surface area contributed by atoms with Crippen LogP contribution in [0.25, 0.3) is 0 Å². The van der Waals surface area contributed by atoms with Gasteiger partial charge in [-0.25, -0.2) is 0 Å². The Morgan fingerprint density at radius 3 is 1.75 bits per heavy atom. The topological polar surface area (TPSA) is 40.5 Å². The Balaban J connectivity index is 1.81. The Hall–Kier alpha value is -3.14. The fraction of sp³-hybridized carbons (Fsp3) is 0.0476. The van der Waals surface area contributed by atoms with E-state index in [0.29, 0.717) is 0 Å². The molecule has 3 heteroatoms. The molecular formula is C21H14O2S. The van der Waals surface area contributed by atoms with Crippen molar-refractivity contribution in [3.8, 4) is 35.2 Å². The Bertz CT molecular complexity index is 973. The maximum Gasteiger partial charge on any atom is 0.115 e. The maximum absolute atomic E-state index is 9.28. The van der Waals surface area contributed by atoms with Crippen LogP contribution in [0.5, 0.6) is 11.5 Å². The molecule has 0 amide bonds. The first-order valence-electron chi connectivity index (χ1n) is 7.33. The average Bonchev–Trinajstić information content (AvgIpc) is 2.94. The van der Waals surface area contributed by atoms with Gasteiger partial charge in [0.15, 0.2) is 0 Å². The standard InChI is InChI=1S/C21H14O2S/c1-15-14-20(12-6-16-2-8-18(22)9-3-16)24-21(15)13-7-17-4-10-19(23)11-5-17/h2-5,8-11,14,22-23H,1H3. The molecule has 3 rings (SSSR count). The van der Waals surface area contributed by atoms with E-state index >= 15 is 0 Å². The molecule has 0 saturated carbocycles.